The minimum absolute atomic E-state index is 0.162. The van der Waals surface area contributed by atoms with Crippen LogP contribution in [-0.2, 0) is 16.0 Å². The molecule has 36 heavy (non-hydrogen) atoms. The van der Waals surface area contributed by atoms with Crippen molar-refractivity contribution >= 4 is 35.0 Å². The zero-order valence-corrected chi connectivity index (χ0v) is 20.6. The Morgan fingerprint density at radius 1 is 1.14 bits per heavy atom. The fourth-order valence-corrected chi connectivity index (χ4v) is 5.14. The Hall–Kier alpha value is -4.09. The van der Waals surface area contributed by atoms with Crippen LogP contribution in [-0.4, -0.2) is 23.7 Å². The van der Waals surface area contributed by atoms with Crippen LogP contribution in [0, 0.1) is 24.1 Å². The van der Waals surface area contributed by atoms with Crippen molar-refractivity contribution in [3.05, 3.63) is 100 Å². The van der Waals surface area contributed by atoms with Gasteiger partial charge in [-0.15, -0.1) is 0 Å². The Morgan fingerprint density at radius 3 is 2.50 bits per heavy atom. The lowest BCUT2D eigenvalue weighted by atomic mass is 10.1. The third kappa shape index (κ3) is 5.58. The summed E-state index contributed by atoms with van der Waals surface area (Å²) in [4.78, 5) is 28.1. The van der Waals surface area contributed by atoms with Crippen LogP contribution in [0.2, 0.25) is 0 Å². The highest BCUT2D eigenvalue weighted by molar-refractivity contribution is 8.05. The Balaban J connectivity index is 1.71. The molecule has 1 atom stereocenters. The van der Waals surface area contributed by atoms with Crippen molar-refractivity contribution < 1.29 is 18.7 Å². The molecule has 0 radical (unpaired) electrons. The highest BCUT2D eigenvalue weighted by Crippen LogP contribution is 2.42. The Kier molecular flexibility index (Phi) is 7.71. The topological polar surface area (TPSA) is 82.4 Å². The number of hydrogen-bond acceptors (Lipinski definition) is 5. The van der Waals surface area contributed by atoms with Crippen LogP contribution in [0.1, 0.15) is 18.1 Å². The number of nitrogens with zero attached hydrogens (tertiary/aromatic N) is 2. The largest absolute Gasteiger partial charge is 0.494 e. The SMILES string of the molecule is CCOc1ccc(N2C(=O)C(Cc3ccc(F)cc3)S/C2=C(/C#N)C(=O)Nc2cccc(C)c2)cc1. The van der Waals surface area contributed by atoms with E-state index in [1.54, 1.807) is 48.5 Å². The summed E-state index contributed by atoms with van der Waals surface area (Å²) in [5.41, 5.74) is 2.64. The van der Waals surface area contributed by atoms with E-state index in [1.165, 1.54) is 17.0 Å². The number of benzene rings is 3. The van der Waals surface area contributed by atoms with E-state index < -0.39 is 11.2 Å². The summed E-state index contributed by atoms with van der Waals surface area (Å²) in [6, 6.07) is 22.1. The van der Waals surface area contributed by atoms with Gasteiger partial charge in [0.1, 0.15) is 28.2 Å². The minimum atomic E-state index is -0.600. The second-order valence-electron chi connectivity index (χ2n) is 8.15. The van der Waals surface area contributed by atoms with Gasteiger partial charge in [0, 0.05) is 11.4 Å². The maximum Gasteiger partial charge on any atom is 0.269 e. The molecule has 2 amide bonds. The number of halogens is 1. The second kappa shape index (κ2) is 11.1. The summed E-state index contributed by atoms with van der Waals surface area (Å²) in [5.74, 6) is -0.580. The molecule has 1 saturated heterocycles. The van der Waals surface area contributed by atoms with Gasteiger partial charge in [0.25, 0.3) is 5.91 Å². The first kappa shape index (κ1) is 25.0. The van der Waals surface area contributed by atoms with Crippen molar-refractivity contribution in [2.75, 3.05) is 16.8 Å². The van der Waals surface area contributed by atoms with Crippen LogP contribution in [0.25, 0.3) is 0 Å². The number of carbonyl (C=O) groups excluding carboxylic acids is 2. The molecular weight excluding hydrogens is 477 g/mol. The van der Waals surface area contributed by atoms with Gasteiger partial charge < -0.3 is 10.1 Å². The summed E-state index contributed by atoms with van der Waals surface area (Å²) in [7, 11) is 0. The van der Waals surface area contributed by atoms with E-state index in [4.69, 9.17) is 4.74 Å². The number of thioether (sulfide) groups is 1. The van der Waals surface area contributed by atoms with Gasteiger partial charge in [0.15, 0.2) is 0 Å². The van der Waals surface area contributed by atoms with Crippen molar-refractivity contribution in [1.29, 1.82) is 5.26 Å². The van der Waals surface area contributed by atoms with Gasteiger partial charge in [-0.25, -0.2) is 4.39 Å². The molecule has 0 bridgehead atoms. The molecule has 3 aromatic carbocycles. The number of nitriles is 1. The van der Waals surface area contributed by atoms with Gasteiger partial charge in [-0.3, -0.25) is 14.5 Å². The molecule has 4 rings (SSSR count). The van der Waals surface area contributed by atoms with E-state index in [9.17, 15) is 19.2 Å². The Morgan fingerprint density at radius 2 is 1.86 bits per heavy atom. The van der Waals surface area contributed by atoms with Gasteiger partial charge in [0.05, 0.1) is 11.9 Å². The molecule has 0 aliphatic carbocycles. The third-order valence-corrected chi connectivity index (χ3v) is 6.78. The number of hydrogen-bond donors (Lipinski definition) is 1. The third-order valence-electron chi connectivity index (χ3n) is 5.52. The van der Waals surface area contributed by atoms with Crippen LogP contribution in [0.4, 0.5) is 15.8 Å². The first-order valence-electron chi connectivity index (χ1n) is 11.4. The van der Waals surface area contributed by atoms with E-state index >= 15 is 0 Å². The molecule has 1 aliphatic heterocycles. The maximum absolute atomic E-state index is 13.6. The predicted octanol–water partition coefficient (Wildman–Crippen LogP) is 5.60. The maximum atomic E-state index is 13.6. The molecule has 1 fully saturated rings. The molecule has 0 spiro atoms. The van der Waals surface area contributed by atoms with E-state index in [-0.39, 0.29) is 22.3 Å². The fraction of sp³-hybridized carbons (Fsp3) is 0.179. The van der Waals surface area contributed by atoms with Crippen LogP contribution < -0.4 is 15.0 Å². The zero-order valence-electron chi connectivity index (χ0n) is 19.8. The van der Waals surface area contributed by atoms with Crippen molar-refractivity contribution in [2.45, 2.75) is 25.5 Å². The summed E-state index contributed by atoms with van der Waals surface area (Å²) in [5, 5.41) is 12.4. The lowest BCUT2D eigenvalue weighted by molar-refractivity contribution is -0.117. The van der Waals surface area contributed by atoms with Crippen molar-refractivity contribution in [2.24, 2.45) is 0 Å². The molecule has 0 saturated carbocycles. The Labute approximate surface area is 213 Å². The first-order chi connectivity index (χ1) is 17.4. The average Bonchev–Trinajstić information content (AvgIpc) is 3.17. The van der Waals surface area contributed by atoms with E-state index in [0.717, 1.165) is 22.9 Å². The molecule has 8 heteroatoms. The Bertz CT molecular complexity index is 1350. The van der Waals surface area contributed by atoms with Gasteiger partial charge in [-0.1, -0.05) is 36.0 Å². The quantitative estimate of drug-likeness (QED) is 0.337. The minimum Gasteiger partial charge on any atom is -0.494 e. The highest BCUT2D eigenvalue weighted by Gasteiger charge is 2.40. The summed E-state index contributed by atoms with van der Waals surface area (Å²) < 4.78 is 18.9. The van der Waals surface area contributed by atoms with Crippen LogP contribution in [0.15, 0.2) is 83.4 Å². The summed E-state index contributed by atoms with van der Waals surface area (Å²) >= 11 is 1.16. The molecule has 1 unspecified atom stereocenters. The lowest BCUT2D eigenvalue weighted by Gasteiger charge is -2.19. The van der Waals surface area contributed by atoms with Gasteiger partial charge in [-0.2, -0.15) is 5.26 Å². The number of nitrogens with one attached hydrogen (secondary N) is 1. The molecular formula is C28H24FN3O3S. The molecule has 182 valence electrons. The van der Waals surface area contributed by atoms with E-state index in [1.807, 2.05) is 32.0 Å². The molecule has 0 aromatic heterocycles. The van der Waals surface area contributed by atoms with E-state index in [2.05, 4.69) is 5.32 Å². The van der Waals surface area contributed by atoms with Crippen molar-refractivity contribution in [3.63, 3.8) is 0 Å². The van der Waals surface area contributed by atoms with E-state index in [0.29, 0.717) is 30.2 Å². The summed E-state index contributed by atoms with van der Waals surface area (Å²) in [6.45, 7) is 4.28. The number of aryl methyl sites for hydroxylation is 1. The average molecular weight is 502 g/mol. The number of ether oxygens (including phenoxy) is 1. The molecule has 1 aliphatic rings. The normalized spacial score (nSPS) is 16.4. The number of rotatable bonds is 7. The molecule has 1 heterocycles. The lowest BCUT2D eigenvalue weighted by Crippen LogP contribution is -2.30. The highest BCUT2D eigenvalue weighted by atomic mass is 32.2. The predicted molar refractivity (Wildman–Crippen MR) is 139 cm³/mol. The smallest absolute Gasteiger partial charge is 0.269 e. The number of carbonyl (C=O) groups is 2. The monoisotopic (exact) mass is 501 g/mol. The van der Waals surface area contributed by atoms with Gasteiger partial charge in [-0.05, 0) is 79.9 Å². The molecule has 1 N–H and O–H groups in total. The molecule has 6 nitrogen and oxygen atoms in total. The molecule has 3 aromatic rings. The van der Waals surface area contributed by atoms with Crippen molar-refractivity contribution in [1.82, 2.24) is 0 Å². The van der Waals surface area contributed by atoms with Crippen LogP contribution in [0.5, 0.6) is 5.75 Å². The first-order valence-corrected chi connectivity index (χ1v) is 12.3. The second-order valence-corrected chi connectivity index (χ2v) is 9.34. The number of amides is 2. The van der Waals surface area contributed by atoms with Gasteiger partial charge >= 0.3 is 0 Å². The van der Waals surface area contributed by atoms with Crippen LogP contribution in [0.3, 0.4) is 0 Å². The zero-order chi connectivity index (χ0) is 25.7. The fourth-order valence-electron chi connectivity index (χ4n) is 3.83. The standard InChI is InChI=1S/C28H24FN3O3S/c1-3-35-23-13-11-22(12-14-23)32-27(34)25(16-19-7-9-20(29)10-8-19)36-28(32)24(17-30)26(33)31-21-6-4-5-18(2)15-21/h4-15,25H,3,16H2,1-2H3,(H,31,33)/b28-24-. The van der Waals surface area contributed by atoms with Crippen molar-refractivity contribution in [3.8, 4) is 11.8 Å². The van der Waals surface area contributed by atoms with Crippen LogP contribution >= 0.6 is 11.8 Å². The van der Waals surface area contributed by atoms with Gasteiger partial charge in [0.2, 0.25) is 5.91 Å². The number of anilines is 2. The summed E-state index contributed by atoms with van der Waals surface area (Å²) in [6.07, 6.45) is 0.318.